The van der Waals surface area contributed by atoms with Gasteiger partial charge in [-0.15, -0.1) is 0 Å². The number of piperazine rings is 1. The van der Waals surface area contributed by atoms with Crippen LogP contribution in [0.25, 0.3) is 0 Å². The van der Waals surface area contributed by atoms with E-state index in [9.17, 15) is 4.79 Å². The molecule has 3 nitrogen and oxygen atoms in total. The number of hydrogen-bond acceptors (Lipinski definition) is 3. The highest BCUT2D eigenvalue weighted by Crippen LogP contribution is 2.27. The van der Waals surface area contributed by atoms with Crippen molar-refractivity contribution in [3.63, 3.8) is 0 Å². The van der Waals surface area contributed by atoms with E-state index in [2.05, 4.69) is 16.3 Å². The van der Waals surface area contributed by atoms with E-state index in [-0.39, 0.29) is 0 Å². The fraction of sp³-hybridized carbons (Fsp3) is 0.667. The van der Waals surface area contributed by atoms with E-state index < -0.39 is 0 Å². The predicted octanol–water partition coefficient (Wildman–Crippen LogP) is 2.23. The molecule has 1 amide bonds. The molecule has 0 spiro atoms. The van der Waals surface area contributed by atoms with Crippen LogP contribution >= 0.6 is 11.3 Å². The van der Waals surface area contributed by atoms with Crippen LogP contribution in [0.4, 0.5) is 0 Å². The predicted molar refractivity (Wildman–Crippen MR) is 78.4 cm³/mol. The Kier molecular flexibility index (Phi) is 4.18. The second-order valence-electron chi connectivity index (χ2n) is 5.79. The van der Waals surface area contributed by atoms with Gasteiger partial charge in [-0.05, 0) is 41.1 Å². The molecule has 0 radical (unpaired) electrons. The number of carbonyl (C=O) groups excluding carboxylic acids is 1. The Hall–Kier alpha value is -0.870. The van der Waals surface area contributed by atoms with E-state index >= 15 is 0 Å². The molecule has 1 aromatic rings. The third-order valence-corrected chi connectivity index (χ3v) is 5.13. The summed E-state index contributed by atoms with van der Waals surface area (Å²) < 4.78 is 0. The lowest BCUT2D eigenvalue weighted by molar-refractivity contribution is -0.132. The lowest BCUT2D eigenvalue weighted by atomic mass is 9.85. The van der Waals surface area contributed by atoms with E-state index in [1.807, 2.05) is 10.3 Å². The standard InChI is InChI=1S/C15H22N2OS/c18-15(10-14-4-9-19-12-14)17-7-5-16(6-8-17)11-13-2-1-3-13/h4,9,12-13H,1-3,5-8,10-11H2. The van der Waals surface area contributed by atoms with E-state index in [1.165, 1.54) is 25.8 Å². The van der Waals surface area contributed by atoms with Gasteiger partial charge in [0.05, 0.1) is 6.42 Å². The van der Waals surface area contributed by atoms with Crippen LogP contribution in [0.2, 0.25) is 0 Å². The van der Waals surface area contributed by atoms with Crippen LogP contribution in [-0.2, 0) is 11.2 Å². The SMILES string of the molecule is O=C(Cc1ccsc1)N1CCN(CC2CCC2)CC1. The highest BCUT2D eigenvalue weighted by Gasteiger charge is 2.25. The zero-order chi connectivity index (χ0) is 13.1. The molecular formula is C15H22N2OS. The summed E-state index contributed by atoms with van der Waals surface area (Å²) in [5.41, 5.74) is 1.16. The smallest absolute Gasteiger partial charge is 0.227 e. The first-order valence-electron chi connectivity index (χ1n) is 7.32. The summed E-state index contributed by atoms with van der Waals surface area (Å²) in [7, 11) is 0. The molecule has 4 heteroatoms. The maximum absolute atomic E-state index is 12.2. The van der Waals surface area contributed by atoms with Gasteiger partial charge in [0, 0.05) is 32.7 Å². The highest BCUT2D eigenvalue weighted by atomic mass is 32.1. The fourth-order valence-corrected chi connectivity index (χ4v) is 3.57. The average Bonchev–Trinajstić information content (AvgIpc) is 2.87. The molecule has 1 aliphatic carbocycles. The molecule has 0 unspecified atom stereocenters. The normalized spacial score (nSPS) is 21.4. The van der Waals surface area contributed by atoms with Crippen LogP contribution < -0.4 is 0 Å². The molecule has 3 rings (SSSR count). The van der Waals surface area contributed by atoms with Gasteiger partial charge in [0.2, 0.25) is 5.91 Å². The second-order valence-corrected chi connectivity index (χ2v) is 6.57. The van der Waals surface area contributed by atoms with Gasteiger partial charge in [0.25, 0.3) is 0 Å². The number of thiophene rings is 1. The summed E-state index contributed by atoms with van der Waals surface area (Å²) in [6, 6.07) is 2.05. The Labute approximate surface area is 119 Å². The first-order chi connectivity index (χ1) is 9.31. The van der Waals surface area contributed by atoms with Gasteiger partial charge in [-0.1, -0.05) is 6.42 Å². The van der Waals surface area contributed by atoms with Crippen molar-refractivity contribution < 1.29 is 4.79 Å². The second kappa shape index (κ2) is 6.06. The molecule has 2 aliphatic rings. The molecule has 19 heavy (non-hydrogen) atoms. The monoisotopic (exact) mass is 278 g/mol. The Morgan fingerprint density at radius 1 is 1.26 bits per heavy atom. The maximum Gasteiger partial charge on any atom is 0.227 e. The van der Waals surface area contributed by atoms with Gasteiger partial charge in [0.15, 0.2) is 0 Å². The van der Waals surface area contributed by atoms with E-state index in [4.69, 9.17) is 0 Å². The van der Waals surface area contributed by atoms with Crippen LogP contribution in [0.3, 0.4) is 0 Å². The van der Waals surface area contributed by atoms with Gasteiger partial charge < -0.3 is 4.90 Å². The maximum atomic E-state index is 12.2. The van der Waals surface area contributed by atoms with Crippen molar-refractivity contribution in [1.82, 2.24) is 9.80 Å². The molecule has 1 aromatic heterocycles. The third-order valence-electron chi connectivity index (χ3n) is 4.40. The molecule has 1 saturated carbocycles. The molecular weight excluding hydrogens is 256 g/mol. The summed E-state index contributed by atoms with van der Waals surface area (Å²) in [6.45, 7) is 5.20. The number of nitrogens with zero attached hydrogens (tertiary/aromatic N) is 2. The Morgan fingerprint density at radius 2 is 2.05 bits per heavy atom. The first kappa shape index (κ1) is 13.1. The van der Waals surface area contributed by atoms with Crippen LogP contribution in [0, 0.1) is 5.92 Å². The molecule has 0 N–H and O–H groups in total. The van der Waals surface area contributed by atoms with Gasteiger partial charge >= 0.3 is 0 Å². The molecule has 2 fully saturated rings. The number of amides is 1. The number of rotatable bonds is 4. The fourth-order valence-electron chi connectivity index (χ4n) is 2.90. The summed E-state index contributed by atoms with van der Waals surface area (Å²) >= 11 is 1.67. The average molecular weight is 278 g/mol. The van der Waals surface area contributed by atoms with Gasteiger partial charge in [-0.2, -0.15) is 11.3 Å². The first-order valence-corrected chi connectivity index (χ1v) is 8.27. The summed E-state index contributed by atoms with van der Waals surface area (Å²) in [5, 5.41) is 4.11. The molecule has 104 valence electrons. The van der Waals surface area contributed by atoms with Crippen molar-refractivity contribution in [3.8, 4) is 0 Å². The molecule has 2 heterocycles. The van der Waals surface area contributed by atoms with Crippen molar-refractivity contribution in [2.45, 2.75) is 25.7 Å². The van der Waals surface area contributed by atoms with Crippen LogP contribution in [0.1, 0.15) is 24.8 Å². The van der Waals surface area contributed by atoms with Crippen molar-refractivity contribution in [1.29, 1.82) is 0 Å². The van der Waals surface area contributed by atoms with E-state index in [1.54, 1.807) is 11.3 Å². The molecule has 1 aliphatic heterocycles. The van der Waals surface area contributed by atoms with Gasteiger partial charge in [-0.25, -0.2) is 0 Å². The van der Waals surface area contributed by atoms with E-state index in [0.717, 1.165) is 37.7 Å². The van der Waals surface area contributed by atoms with Crippen molar-refractivity contribution in [3.05, 3.63) is 22.4 Å². The van der Waals surface area contributed by atoms with Crippen LogP contribution in [0.15, 0.2) is 16.8 Å². The zero-order valence-electron chi connectivity index (χ0n) is 11.4. The minimum atomic E-state index is 0.293. The Morgan fingerprint density at radius 3 is 2.63 bits per heavy atom. The molecule has 0 aromatic carbocycles. The quantitative estimate of drug-likeness (QED) is 0.843. The lowest BCUT2D eigenvalue weighted by Gasteiger charge is -2.38. The highest BCUT2D eigenvalue weighted by molar-refractivity contribution is 7.07. The van der Waals surface area contributed by atoms with Crippen molar-refractivity contribution in [2.24, 2.45) is 5.92 Å². The van der Waals surface area contributed by atoms with Crippen LogP contribution in [-0.4, -0.2) is 48.4 Å². The largest absolute Gasteiger partial charge is 0.340 e. The van der Waals surface area contributed by atoms with Gasteiger partial charge in [0.1, 0.15) is 0 Å². The summed E-state index contributed by atoms with van der Waals surface area (Å²) in [5.74, 6) is 1.23. The lowest BCUT2D eigenvalue weighted by Crippen LogP contribution is -2.50. The van der Waals surface area contributed by atoms with E-state index in [0.29, 0.717) is 12.3 Å². The minimum Gasteiger partial charge on any atom is -0.340 e. The Bertz CT molecular complexity index is 406. The zero-order valence-corrected chi connectivity index (χ0v) is 12.2. The summed E-state index contributed by atoms with van der Waals surface area (Å²) in [4.78, 5) is 16.8. The minimum absolute atomic E-state index is 0.293. The van der Waals surface area contributed by atoms with Crippen molar-refractivity contribution >= 4 is 17.2 Å². The topological polar surface area (TPSA) is 23.6 Å². The molecule has 1 saturated heterocycles. The van der Waals surface area contributed by atoms with Crippen molar-refractivity contribution in [2.75, 3.05) is 32.7 Å². The number of hydrogen-bond donors (Lipinski definition) is 0. The number of carbonyl (C=O) groups is 1. The molecule has 0 bridgehead atoms. The van der Waals surface area contributed by atoms with Crippen LogP contribution in [0.5, 0.6) is 0 Å². The third kappa shape index (κ3) is 3.37. The summed E-state index contributed by atoms with van der Waals surface area (Å²) in [6.07, 6.45) is 4.82. The molecule has 0 atom stereocenters. The Balaban J connectivity index is 1.42. The van der Waals surface area contributed by atoms with Gasteiger partial charge in [-0.3, -0.25) is 9.69 Å².